The number of benzene rings is 1. The molecule has 0 bridgehead atoms. The summed E-state index contributed by atoms with van der Waals surface area (Å²) in [6.45, 7) is -0.0632. The number of methoxy groups -OCH3 is 1. The molecule has 6 nitrogen and oxygen atoms in total. The summed E-state index contributed by atoms with van der Waals surface area (Å²) < 4.78 is 24.6. The van der Waals surface area contributed by atoms with Crippen LogP contribution in [-0.2, 0) is 22.7 Å². The molecule has 0 aliphatic rings. The molecule has 0 atom stereocenters. The van der Waals surface area contributed by atoms with E-state index in [9.17, 15) is 9.18 Å². The van der Waals surface area contributed by atoms with Crippen LogP contribution in [0.25, 0.3) is 0 Å². The van der Waals surface area contributed by atoms with Crippen molar-refractivity contribution in [3.05, 3.63) is 41.8 Å². The van der Waals surface area contributed by atoms with E-state index in [4.69, 9.17) is 15.2 Å². The number of aromatic nitrogens is 2. The summed E-state index contributed by atoms with van der Waals surface area (Å²) in [6.07, 6.45) is 1.57. The fraction of sp³-hybridized carbons (Fsp3) is 0.231. The minimum absolute atomic E-state index is 0.0174. The van der Waals surface area contributed by atoms with Gasteiger partial charge in [0.1, 0.15) is 19.0 Å². The van der Waals surface area contributed by atoms with Crippen LogP contribution in [-0.4, -0.2) is 22.9 Å². The van der Waals surface area contributed by atoms with E-state index in [2.05, 4.69) is 5.10 Å². The normalized spacial score (nSPS) is 10.3. The van der Waals surface area contributed by atoms with Gasteiger partial charge < -0.3 is 15.2 Å². The van der Waals surface area contributed by atoms with Gasteiger partial charge in [0.05, 0.1) is 7.11 Å². The third kappa shape index (κ3) is 3.47. The smallest absolute Gasteiger partial charge is 0.328 e. The maximum atomic E-state index is 13.4. The van der Waals surface area contributed by atoms with Crippen molar-refractivity contribution in [3.8, 4) is 5.75 Å². The lowest BCUT2D eigenvalue weighted by molar-refractivity contribution is -0.145. The van der Waals surface area contributed by atoms with Crippen LogP contribution in [0.2, 0.25) is 0 Å². The summed E-state index contributed by atoms with van der Waals surface area (Å²) >= 11 is 0. The molecule has 20 heavy (non-hydrogen) atoms. The summed E-state index contributed by atoms with van der Waals surface area (Å²) in [5.74, 6) is -0.507. The molecule has 0 fully saturated rings. The van der Waals surface area contributed by atoms with Crippen LogP contribution < -0.4 is 10.5 Å². The van der Waals surface area contributed by atoms with E-state index in [1.165, 1.54) is 23.9 Å². The molecule has 2 aromatic rings. The van der Waals surface area contributed by atoms with Crippen LogP contribution in [0.5, 0.6) is 5.75 Å². The number of hydrogen-bond acceptors (Lipinski definition) is 5. The number of carbonyl (C=O) groups excluding carboxylic acids is 1. The lowest BCUT2D eigenvalue weighted by Gasteiger charge is -2.07. The fourth-order valence-corrected chi connectivity index (χ4v) is 1.61. The molecule has 0 saturated heterocycles. The number of hydrogen-bond donors (Lipinski definition) is 1. The lowest BCUT2D eigenvalue weighted by Crippen LogP contribution is -2.14. The number of anilines is 1. The number of ether oxygens (including phenoxy) is 2. The third-order valence-electron chi connectivity index (χ3n) is 2.57. The Morgan fingerprint density at radius 1 is 1.45 bits per heavy atom. The van der Waals surface area contributed by atoms with Gasteiger partial charge in [0.25, 0.3) is 0 Å². The molecule has 0 amide bonds. The largest absolute Gasteiger partial charge is 0.494 e. The van der Waals surface area contributed by atoms with E-state index in [-0.39, 0.29) is 18.9 Å². The molecular formula is C13H14FN3O3. The van der Waals surface area contributed by atoms with Gasteiger partial charge in [-0.15, -0.1) is 0 Å². The van der Waals surface area contributed by atoms with E-state index < -0.39 is 11.8 Å². The molecule has 2 N–H and O–H groups in total. The van der Waals surface area contributed by atoms with Gasteiger partial charge in [-0.25, -0.2) is 4.39 Å². The van der Waals surface area contributed by atoms with Crippen molar-refractivity contribution in [2.45, 2.75) is 13.2 Å². The first-order valence-electron chi connectivity index (χ1n) is 5.85. The second-order valence-electron chi connectivity index (χ2n) is 4.07. The summed E-state index contributed by atoms with van der Waals surface area (Å²) in [5, 5.41) is 3.86. The summed E-state index contributed by atoms with van der Waals surface area (Å²) in [5.41, 5.74) is 5.96. The average molecular weight is 279 g/mol. The van der Waals surface area contributed by atoms with Gasteiger partial charge in [0, 0.05) is 6.20 Å². The number of nitrogens with two attached hydrogens (primary N) is 1. The Morgan fingerprint density at radius 3 is 2.85 bits per heavy atom. The predicted molar refractivity (Wildman–Crippen MR) is 69.4 cm³/mol. The van der Waals surface area contributed by atoms with E-state index >= 15 is 0 Å². The Labute approximate surface area is 114 Å². The first-order valence-corrected chi connectivity index (χ1v) is 5.85. The SMILES string of the molecule is COc1ccc(COC(=O)Cn2ccc(N)n2)cc1F. The third-order valence-corrected chi connectivity index (χ3v) is 2.57. The first kappa shape index (κ1) is 13.9. The van der Waals surface area contributed by atoms with Crippen molar-refractivity contribution in [1.29, 1.82) is 0 Å². The molecule has 1 aromatic carbocycles. The number of carbonyl (C=O) groups is 1. The second kappa shape index (κ2) is 6.05. The molecular weight excluding hydrogens is 265 g/mol. The zero-order valence-corrected chi connectivity index (χ0v) is 10.9. The van der Waals surface area contributed by atoms with Gasteiger partial charge in [0.2, 0.25) is 0 Å². The Morgan fingerprint density at radius 2 is 2.25 bits per heavy atom. The minimum Gasteiger partial charge on any atom is -0.494 e. The highest BCUT2D eigenvalue weighted by atomic mass is 19.1. The Balaban J connectivity index is 1.88. The molecule has 2 rings (SSSR count). The second-order valence-corrected chi connectivity index (χ2v) is 4.07. The van der Waals surface area contributed by atoms with Gasteiger partial charge in [-0.1, -0.05) is 6.07 Å². The number of nitrogen functional groups attached to an aromatic ring is 1. The molecule has 106 valence electrons. The maximum Gasteiger partial charge on any atom is 0.328 e. The van der Waals surface area contributed by atoms with Crippen LogP contribution in [0.1, 0.15) is 5.56 Å². The average Bonchev–Trinajstić information content (AvgIpc) is 2.82. The van der Waals surface area contributed by atoms with E-state index in [1.54, 1.807) is 18.3 Å². The summed E-state index contributed by atoms with van der Waals surface area (Å²) in [7, 11) is 1.38. The topological polar surface area (TPSA) is 79.4 Å². The van der Waals surface area contributed by atoms with Gasteiger partial charge in [-0.2, -0.15) is 5.10 Å². The molecule has 0 aliphatic heterocycles. The molecule has 1 heterocycles. The Hall–Kier alpha value is -2.57. The number of nitrogens with zero attached hydrogens (tertiary/aromatic N) is 2. The van der Waals surface area contributed by atoms with Gasteiger partial charge in [-0.05, 0) is 23.8 Å². The molecule has 0 radical (unpaired) electrons. The zero-order valence-electron chi connectivity index (χ0n) is 10.9. The van der Waals surface area contributed by atoms with Crippen LogP contribution in [0, 0.1) is 5.82 Å². The molecule has 0 aliphatic carbocycles. The number of esters is 1. The highest BCUT2D eigenvalue weighted by Gasteiger charge is 2.08. The van der Waals surface area contributed by atoms with Gasteiger partial charge in [-0.3, -0.25) is 9.48 Å². The maximum absolute atomic E-state index is 13.4. The van der Waals surface area contributed by atoms with Crippen LogP contribution >= 0.6 is 0 Å². The van der Waals surface area contributed by atoms with Crippen molar-refractivity contribution >= 4 is 11.8 Å². The standard InChI is InChI=1S/C13H14FN3O3/c1-19-11-3-2-9(6-10(11)14)8-20-13(18)7-17-5-4-12(15)16-17/h2-6H,7-8H2,1H3,(H2,15,16). The van der Waals surface area contributed by atoms with Crippen molar-refractivity contribution in [1.82, 2.24) is 9.78 Å². The Bertz CT molecular complexity index is 613. The van der Waals surface area contributed by atoms with E-state index in [1.807, 2.05) is 0 Å². The molecule has 1 aromatic heterocycles. The van der Waals surface area contributed by atoms with Crippen molar-refractivity contribution in [3.63, 3.8) is 0 Å². The fourth-order valence-electron chi connectivity index (χ4n) is 1.61. The quantitative estimate of drug-likeness (QED) is 0.836. The van der Waals surface area contributed by atoms with Gasteiger partial charge >= 0.3 is 5.97 Å². The van der Waals surface area contributed by atoms with Crippen LogP contribution in [0.15, 0.2) is 30.5 Å². The van der Waals surface area contributed by atoms with E-state index in [0.29, 0.717) is 11.4 Å². The van der Waals surface area contributed by atoms with Crippen LogP contribution in [0.4, 0.5) is 10.2 Å². The zero-order chi connectivity index (χ0) is 14.5. The Kier molecular flexibility index (Phi) is 4.19. The summed E-state index contributed by atoms with van der Waals surface area (Å²) in [6, 6.07) is 5.94. The molecule has 0 saturated carbocycles. The van der Waals surface area contributed by atoms with Crippen molar-refractivity contribution in [2.75, 3.05) is 12.8 Å². The van der Waals surface area contributed by atoms with E-state index in [0.717, 1.165) is 0 Å². The molecule has 0 unspecified atom stereocenters. The minimum atomic E-state index is -0.499. The first-order chi connectivity index (χ1) is 9.58. The highest BCUT2D eigenvalue weighted by molar-refractivity contribution is 5.69. The number of rotatable bonds is 5. The van der Waals surface area contributed by atoms with Crippen molar-refractivity contribution in [2.24, 2.45) is 0 Å². The van der Waals surface area contributed by atoms with Crippen molar-refractivity contribution < 1.29 is 18.7 Å². The van der Waals surface area contributed by atoms with Gasteiger partial charge in [0.15, 0.2) is 11.6 Å². The predicted octanol–water partition coefficient (Wildman–Crippen LogP) is 1.36. The molecule has 0 spiro atoms. The monoisotopic (exact) mass is 279 g/mol. The number of halogens is 1. The van der Waals surface area contributed by atoms with Crippen LogP contribution in [0.3, 0.4) is 0 Å². The lowest BCUT2D eigenvalue weighted by atomic mass is 10.2. The molecule has 7 heteroatoms. The highest BCUT2D eigenvalue weighted by Crippen LogP contribution is 2.18. The summed E-state index contributed by atoms with van der Waals surface area (Å²) in [4.78, 5) is 11.6.